The summed E-state index contributed by atoms with van der Waals surface area (Å²) in [5, 5.41) is 9.13. The first kappa shape index (κ1) is 15.4. The van der Waals surface area contributed by atoms with Crippen molar-refractivity contribution in [1.82, 2.24) is 4.31 Å². The van der Waals surface area contributed by atoms with E-state index in [4.69, 9.17) is 16.7 Å². The van der Waals surface area contributed by atoms with E-state index in [-0.39, 0.29) is 10.8 Å². The fourth-order valence-corrected chi connectivity index (χ4v) is 4.87. The second kappa shape index (κ2) is 5.16. The Labute approximate surface area is 115 Å². The summed E-state index contributed by atoms with van der Waals surface area (Å²) in [6, 6.07) is 2.85. The van der Waals surface area contributed by atoms with Gasteiger partial charge in [-0.2, -0.15) is 4.31 Å². The number of hydrogen-bond donors (Lipinski definition) is 1. The Morgan fingerprint density at radius 3 is 2.39 bits per heavy atom. The monoisotopic (exact) mass is 311 g/mol. The average Bonchev–Trinajstić information content (AvgIpc) is 2.65. The van der Waals surface area contributed by atoms with Gasteiger partial charge in [-0.3, -0.25) is 4.79 Å². The topological polar surface area (TPSA) is 74.7 Å². The molecule has 8 heteroatoms. The summed E-state index contributed by atoms with van der Waals surface area (Å²) in [4.78, 5) is 11.2. The van der Waals surface area contributed by atoms with E-state index >= 15 is 0 Å². The zero-order chi connectivity index (χ0) is 14.1. The molecule has 1 heterocycles. The van der Waals surface area contributed by atoms with Crippen LogP contribution in [0.5, 0.6) is 0 Å². The van der Waals surface area contributed by atoms with Crippen molar-refractivity contribution in [2.45, 2.75) is 30.5 Å². The highest BCUT2D eigenvalue weighted by molar-refractivity contribution is 7.91. The molecule has 0 unspecified atom stereocenters. The molecule has 0 saturated carbocycles. The lowest BCUT2D eigenvalue weighted by Gasteiger charge is -2.32. The molecule has 1 rings (SSSR count). The van der Waals surface area contributed by atoms with Crippen molar-refractivity contribution in [2.24, 2.45) is 0 Å². The minimum absolute atomic E-state index is 0.0451. The van der Waals surface area contributed by atoms with Gasteiger partial charge < -0.3 is 5.11 Å². The first-order valence-corrected chi connectivity index (χ1v) is 7.79. The van der Waals surface area contributed by atoms with Gasteiger partial charge in [-0.05, 0) is 26.0 Å². The van der Waals surface area contributed by atoms with Crippen LogP contribution in [0.25, 0.3) is 0 Å². The van der Waals surface area contributed by atoms with Crippen LogP contribution < -0.4 is 0 Å². The van der Waals surface area contributed by atoms with Gasteiger partial charge in [-0.1, -0.05) is 18.5 Å². The van der Waals surface area contributed by atoms with Gasteiger partial charge >= 0.3 is 5.97 Å². The molecule has 1 aromatic heterocycles. The first-order valence-electron chi connectivity index (χ1n) is 5.15. The molecule has 0 bridgehead atoms. The van der Waals surface area contributed by atoms with E-state index in [9.17, 15) is 13.2 Å². The largest absolute Gasteiger partial charge is 0.480 e. The van der Waals surface area contributed by atoms with Crippen LogP contribution in [-0.2, 0) is 14.8 Å². The van der Waals surface area contributed by atoms with Crippen LogP contribution in [0, 0.1) is 0 Å². The molecule has 0 amide bonds. The Hall–Kier alpha value is -0.630. The number of rotatable bonds is 5. The third-order valence-corrected chi connectivity index (χ3v) is 6.37. The van der Waals surface area contributed by atoms with Crippen LogP contribution in [0.2, 0.25) is 4.34 Å². The zero-order valence-corrected chi connectivity index (χ0v) is 12.6. The Balaban J connectivity index is 3.29. The molecule has 1 aromatic rings. The van der Waals surface area contributed by atoms with E-state index in [1.54, 1.807) is 6.92 Å². The van der Waals surface area contributed by atoms with Crippen LogP contribution in [0.4, 0.5) is 0 Å². The third-order valence-electron chi connectivity index (χ3n) is 2.53. The van der Waals surface area contributed by atoms with Crippen LogP contribution >= 0.6 is 22.9 Å². The van der Waals surface area contributed by atoms with Gasteiger partial charge in [0.2, 0.25) is 0 Å². The van der Waals surface area contributed by atoms with Crippen molar-refractivity contribution in [1.29, 1.82) is 0 Å². The Morgan fingerprint density at radius 1 is 1.50 bits per heavy atom. The number of nitrogens with zero attached hydrogens (tertiary/aromatic N) is 1. The third kappa shape index (κ3) is 2.69. The maximum absolute atomic E-state index is 12.3. The van der Waals surface area contributed by atoms with E-state index in [1.807, 2.05) is 0 Å². The van der Waals surface area contributed by atoms with Crippen molar-refractivity contribution in [3.63, 3.8) is 0 Å². The van der Waals surface area contributed by atoms with Gasteiger partial charge in [-0.15, -0.1) is 11.3 Å². The highest BCUT2D eigenvalue weighted by atomic mass is 35.5. The molecular weight excluding hydrogens is 298 g/mol. The number of carbonyl (C=O) groups is 1. The Bertz CT molecular complexity index is 550. The predicted octanol–water partition coefficient (Wildman–Crippen LogP) is 2.28. The average molecular weight is 312 g/mol. The van der Waals surface area contributed by atoms with E-state index in [0.717, 1.165) is 15.6 Å². The van der Waals surface area contributed by atoms with Crippen LogP contribution in [-0.4, -0.2) is 35.9 Å². The number of hydrogen-bond acceptors (Lipinski definition) is 4. The fourth-order valence-electron chi connectivity index (χ4n) is 1.52. The molecule has 0 aliphatic heterocycles. The van der Waals surface area contributed by atoms with Gasteiger partial charge in [-0.25, -0.2) is 8.42 Å². The molecule has 18 heavy (non-hydrogen) atoms. The lowest BCUT2D eigenvalue weighted by atomic mass is 10.1. The highest BCUT2D eigenvalue weighted by Crippen LogP contribution is 2.31. The summed E-state index contributed by atoms with van der Waals surface area (Å²) in [5.74, 6) is -1.20. The number of thiophene rings is 1. The standard InChI is InChI=1S/C10H14ClNO4S2/c1-4-12(10(2,3)9(13)14)18(15,16)8-6-5-7(11)17-8/h5-6H,4H2,1-3H3,(H,13,14). The van der Waals surface area contributed by atoms with E-state index < -0.39 is 21.5 Å². The molecule has 0 fully saturated rings. The summed E-state index contributed by atoms with van der Waals surface area (Å²) >= 11 is 6.62. The Morgan fingerprint density at radius 2 is 2.06 bits per heavy atom. The minimum Gasteiger partial charge on any atom is -0.480 e. The summed E-state index contributed by atoms with van der Waals surface area (Å²) in [6.07, 6.45) is 0. The highest BCUT2D eigenvalue weighted by Gasteiger charge is 2.42. The minimum atomic E-state index is -3.85. The SMILES string of the molecule is CCN(C(C)(C)C(=O)O)S(=O)(=O)c1ccc(Cl)s1. The van der Waals surface area contributed by atoms with Gasteiger partial charge in [0.05, 0.1) is 4.34 Å². The molecule has 0 aliphatic carbocycles. The number of sulfonamides is 1. The van der Waals surface area contributed by atoms with Crippen molar-refractivity contribution in [2.75, 3.05) is 6.54 Å². The summed E-state index contributed by atoms with van der Waals surface area (Å²) in [7, 11) is -3.85. The molecular formula is C10H14ClNO4S2. The molecule has 1 N–H and O–H groups in total. The van der Waals surface area contributed by atoms with Crippen molar-refractivity contribution in [3.05, 3.63) is 16.5 Å². The maximum atomic E-state index is 12.3. The number of likely N-dealkylation sites (N-methyl/N-ethyl adjacent to an activating group) is 1. The van der Waals surface area contributed by atoms with Crippen LogP contribution in [0.15, 0.2) is 16.3 Å². The molecule has 5 nitrogen and oxygen atoms in total. The van der Waals surface area contributed by atoms with E-state index in [2.05, 4.69) is 0 Å². The lowest BCUT2D eigenvalue weighted by molar-refractivity contribution is -0.146. The van der Waals surface area contributed by atoms with Crippen molar-refractivity contribution < 1.29 is 18.3 Å². The smallest absolute Gasteiger partial charge is 0.324 e. The number of aliphatic carboxylic acids is 1. The van der Waals surface area contributed by atoms with Crippen LogP contribution in [0.3, 0.4) is 0 Å². The molecule has 0 radical (unpaired) electrons. The maximum Gasteiger partial charge on any atom is 0.324 e. The summed E-state index contributed by atoms with van der Waals surface area (Å²) < 4.78 is 26.0. The van der Waals surface area contributed by atoms with E-state index in [1.165, 1.54) is 26.0 Å². The second-order valence-corrected chi connectivity index (χ2v) is 7.90. The Kier molecular flexibility index (Phi) is 4.42. The summed E-state index contributed by atoms with van der Waals surface area (Å²) in [5.41, 5.74) is -1.51. The quantitative estimate of drug-likeness (QED) is 0.905. The van der Waals surface area contributed by atoms with E-state index in [0.29, 0.717) is 4.34 Å². The van der Waals surface area contributed by atoms with Crippen molar-refractivity contribution >= 4 is 38.9 Å². The lowest BCUT2D eigenvalue weighted by Crippen LogP contribution is -2.52. The molecule has 0 atom stereocenters. The van der Waals surface area contributed by atoms with Gasteiger partial charge in [0.1, 0.15) is 9.75 Å². The van der Waals surface area contributed by atoms with Crippen LogP contribution in [0.1, 0.15) is 20.8 Å². The molecule has 102 valence electrons. The number of halogens is 1. The van der Waals surface area contributed by atoms with Gasteiger partial charge in [0.15, 0.2) is 0 Å². The zero-order valence-electron chi connectivity index (χ0n) is 10.2. The van der Waals surface area contributed by atoms with Crippen molar-refractivity contribution in [3.8, 4) is 0 Å². The molecule has 0 aliphatic rings. The van der Waals surface area contributed by atoms with Gasteiger partial charge in [0, 0.05) is 6.54 Å². The fraction of sp³-hybridized carbons (Fsp3) is 0.500. The molecule has 0 saturated heterocycles. The predicted molar refractivity (Wildman–Crippen MR) is 70.6 cm³/mol. The summed E-state index contributed by atoms with van der Waals surface area (Å²) in [6.45, 7) is 4.37. The van der Waals surface area contributed by atoms with Gasteiger partial charge in [0.25, 0.3) is 10.0 Å². The molecule has 0 aromatic carbocycles. The normalized spacial score (nSPS) is 12.9. The second-order valence-electron chi connectivity index (χ2n) is 4.09. The number of carboxylic acid groups (broad SMARTS) is 1. The molecule has 0 spiro atoms. The number of carboxylic acids is 1. The first-order chi connectivity index (χ1) is 8.14.